The number of carboxylic acid groups (broad SMARTS) is 1. The standard InChI is InChI=1S/C8H12O3/c1-2-6(8(10)11)7(9)5-3-4-5/h5-6H,2-4H2,1H3,(H,10,11). The Labute approximate surface area is 65.4 Å². The van der Waals surface area contributed by atoms with E-state index in [1.807, 2.05) is 0 Å². The van der Waals surface area contributed by atoms with Crippen molar-refractivity contribution in [2.45, 2.75) is 26.2 Å². The van der Waals surface area contributed by atoms with Gasteiger partial charge in [0.1, 0.15) is 11.7 Å². The van der Waals surface area contributed by atoms with E-state index in [4.69, 9.17) is 5.11 Å². The molecule has 0 aliphatic heterocycles. The third kappa shape index (κ3) is 1.79. The van der Waals surface area contributed by atoms with Gasteiger partial charge in [-0.2, -0.15) is 0 Å². The Morgan fingerprint density at radius 1 is 1.55 bits per heavy atom. The highest BCUT2D eigenvalue weighted by atomic mass is 16.4. The Balaban J connectivity index is 2.52. The van der Waals surface area contributed by atoms with Crippen molar-refractivity contribution >= 4 is 11.8 Å². The fourth-order valence-corrected chi connectivity index (χ4v) is 1.15. The highest BCUT2D eigenvalue weighted by Gasteiger charge is 2.37. The van der Waals surface area contributed by atoms with E-state index in [0.29, 0.717) is 6.42 Å². The molecule has 0 aromatic heterocycles. The maximum absolute atomic E-state index is 11.2. The molecule has 0 aromatic carbocycles. The zero-order valence-corrected chi connectivity index (χ0v) is 6.54. The lowest BCUT2D eigenvalue weighted by Crippen LogP contribution is -2.24. The quantitative estimate of drug-likeness (QED) is 0.619. The molecule has 1 unspecified atom stereocenters. The van der Waals surface area contributed by atoms with E-state index in [1.54, 1.807) is 6.92 Å². The number of Topliss-reactive ketones (excluding diaryl/α,β-unsaturated/α-hetero) is 1. The molecule has 1 atom stereocenters. The SMILES string of the molecule is CCC(C(=O)O)C(=O)C1CC1. The molecule has 1 N–H and O–H groups in total. The normalized spacial score (nSPS) is 19.4. The average molecular weight is 156 g/mol. The third-order valence-corrected chi connectivity index (χ3v) is 2.03. The van der Waals surface area contributed by atoms with Gasteiger partial charge in [-0.05, 0) is 19.3 Å². The smallest absolute Gasteiger partial charge is 0.314 e. The van der Waals surface area contributed by atoms with Crippen LogP contribution in [0.2, 0.25) is 0 Å². The number of aliphatic carboxylic acids is 1. The molecule has 0 aromatic rings. The molecule has 1 aliphatic carbocycles. The minimum Gasteiger partial charge on any atom is -0.481 e. The molecule has 3 heteroatoms. The largest absolute Gasteiger partial charge is 0.481 e. The molecule has 1 fully saturated rings. The molecule has 1 aliphatic rings. The van der Waals surface area contributed by atoms with Gasteiger partial charge in [0.05, 0.1) is 0 Å². The maximum atomic E-state index is 11.2. The first kappa shape index (κ1) is 8.24. The van der Waals surface area contributed by atoms with Gasteiger partial charge in [0, 0.05) is 5.92 Å². The summed E-state index contributed by atoms with van der Waals surface area (Å²) in [5.41, 5.74) is 0. The van der Waals surface area contributed by atoms with Gasteiger partial charge in [0.15, 0.2) is 0 Å². The van der Waals surface area contributed by atoms with Gasteiger partial charge in [-0.25, -0.2) is 0 Å². The first-order chi connectivity index (χ1) is 5.16. The number of ketones is 1. The minimum atomic E-state index is -0.968. The fourth-order valence-electron chi connectivity index (χ4n) is 1.15. The van der Waals surface area contributed by atoms with Gasteiger partial charge in [0.25, 0.3) is 0 Å². The Bertz CT molecular complexity index is 182. The Hall–Kier alpha value is -0.860. The van der Waals surface area contributed by atoms with Gasteiger partial charge in [-0.1, -0.05) is 6.92 Å². The van der Waals surface area contributed by atoms with Crippen LogP contribution in [-0.4, -0.2) is 16.9 Å². The summed E-state index contributed by atoms with van der Waals surface area (Å²) in [4.78, 5) is 21.7. The molecule has 1 saturated carbocycles. The third-order valence-electron chi connectivity index (χ3n) is 2.03. The topological polar surface area (TPSA) is 54.4 Å². The molecule has 11 heavy (non-hydrogen) atoms. The van der Waals surface area contributed by atoms with E-state index in [2.05, 4.69) is 0 Å². The van der Waals surface area contributed by atoms with E-state index >= 15 is 0 Å². The van der Waals surface area contributed by atoms with Crippen LogP contribution in [0.1, 0.15) is 26.2 Å². The van der Waals surface area contributed by atoms with E-state index < -0.39 is 11.9 Å². The van der Waals surface area contributed by atoms with E-state index in [0.717, 1.165) is 12.8 Å². The Morgan fingerprint density at radius 3 is 2.36 bits per heavy atom. The van der Waals surface area contributed by atoms with Crippen molar-refractivity contribution in [3.05, 3.63) is 0 Å². The predicted octanol–water partition coefficient (Wildman–Crippen LogP) is 1.08. The van der Waals surface area contributed by atoms with Gasteiger partial charge >= 0.3 is 5.97 Å². The molecule has 0 amide bonds. The molecule has 0 heterocycles. The van der Waals surface area contributed by atoms with Gasteiger partial charge in [-0.3, -0.25) is 9.59 Å². The second-order valence-corrected chi connectivity index (χ2v) is 2.98. The van der Waals surface area contributed by atoms with Crippen molar-refractivity contribution in [3.8, 4) is 0 Å². The lowest BCUT2D eigenvalue weighted by atomic mass is 9.98. The predicted molar refractivity (Wildman–Crippen MR) is 39.1 cm³/mol. The van der Waals surface area contributed by atoms with Crippen LogP contribution < -0.4 is 0 Å². The highest BCUT2D eigenvalue weighted by Crippen LogP contribution is 2.33. The van der Waals surface area contributed by atoms with Gasteiger partial charge in [0.2, 0.25) is 0 Å². The van der Waals surface area contributed by atoms with Crippen molar-refractivity contribution in [1.82, 2.24) is 0 Å². The molecule has 3 nitrogen and oxygen atoms in total. The maximum Gasteiger partial charge on any atom is 0.314 e. The Kier molecular flexibility index (Phi) is 2.27. The summed E-state index contributed by atoms with van der Waals surface area (Å²) in [5.74, 6) is -1.72. The number of hydrogen-bond acceptors (Lipinski definition) is 2. The summed E-state index contributed by atoms with van der Waals surface area (Å²) in [6.07, 6.45) is 2.20. The minimum absolute atomic E-state index is 0.0658. The highest BCUT2D eigenvalue weighted by molar-refractivity contribution is 6.00. The van der Waals surface area contributed by atoms with Crippen LogP contribution in [0.5, 0.6) is 0 Å². The molecule has 1 rings (SSSR count). The number of carbonyl (C=O) groups is 2. The Morgan fingerprint density at radius 2 is 2.09 bits per heavy atom. The van der Waals surface area contributed by atoms with Crippen LogP contribution in [0.15, 0.2) is 0 Å². The van der Waals surface area contributed by atoms with E-state index in [-0.39, 0.29) is 11.7 Å². The molecule has 0 radical (unpaired) electrons. The van der Waals surface area contributed by atoms with Crippen LogP contribution in [0, 0.1) is 11.8 Å². The van der Waals surface area contributed by atoms with Crippen LogP contribution >= 0.6 is 0 Å². The molecule has 0 spiro atoms. The lowest BCUT2D eigenvalue weighted by Gasteiger charge is -2.05. The van der Waals surface area contributed by atoms with Crippen molar-refractivity contribution in [1.29, 1.82) is 0 Å². The molecule has 0 bridgehead atoms. The monoisotopic (exact) mass is 156 g/mol. The second-order valence-electron chi connectivity index (χ2n) is 2.98. The van der Waals surface area contributed by atoms with Crippen LogP contribution in [0.3, 0.4) is 0 Å². The van der Waals surface area contributed by atoms with Gasteiger partial charge in [-0.15, -0.1) is 0 Å². The summed E-state index contributed by atoms with van der Waals surface area (Å²) in [6.45, 7) is 1.74. The zero-order valence-electron chi connectivity index (χ0n) is 6.54. The molecular formula is C8H12O3. The summed E-state index contributed by atoms with van der Waals surface area (Å²) < 4.78 is 0. The lowest BCUT2D eigenvalue weighted by molar-refractivity contribution is -0.146. The molecule has 62 valence electrons. The van der Waals surface area contributed by atoms with Crippen molar-refractivity contribution in [2.75, 3.05) is 0 Å². The number of carboxylic acids is 1. The summed E-state index contributed by atoms with van der Waals surface area (Å²) >= 11 is 0. The second kappa shape index (κ2) is 3.03. The molecule has 0 saturated heterocycles. The number of carbonyl (C=O) groups excluding carboxylic acids is 1. The van der Waals surface area contributed by atoms with E-state index in [9.17, 15) is 9.59 Å². The van der Waals surface area contributed by atoms with Gasteiger partial charge < -0.3 is 5.11 Å². The first-order valence-electron chi connectivity index (χ1n) is 3.93. The summed E-state index contributed by atoms with van der Waals surface area (Å²) in [6, 6.07) is 0. The first-order valence-corrected chi connectivity index (χ1v) is 3.93. The van der Waals surface area contributed by atoms with Crippen LogP contribution in [-0.2, 0) is 9.59 Å². The van der Waals surface area contributed by atoms with Crippen LogP contribution in [0.4, 0.5) is 0 Å². The van der Waals surface area contributed by atoms with Crippen molar-refractivity contribution in [2.24, 2.45) is 11.8 Å². The number of rotatable bonds is 4. The number of hydrogen-bond donors (Lipinski definition) is 1. The van der Waals surface area contributed by atoms with Crippen molar-refractivity contribution < 1.29 is 14.7 Å². The summed E-state index contributed by atoms with van der Waals surface area (Å²) in [7, 11) is 0. The van der Waals surface area contributed by atoms with Crippen molar-refractivity contribution in [3.63, 3.8) is 0 Å². The zero-order chi connectivity index (χ0) is 8.43. The fraction of sp³-hybridized carbons (Fsp3) is 0.750. The molecular weight excluding hydrogens is 144 g/mol. The average Bonchev–Trinajstić information content (AvgIpc) is 2.68. The summed E-state index contributed by atoms with van der Waals surface area (Å²) in [5, 5.41) is 8.60. The van der Waals surface area contributed by atoms with Crippen LogP contribution in [0.25, 0.3) is 0 Å². The van der Waals surface area contributed by atoms with E-state index in [1.165, 1.54) is 0 Å².